The van der Waals surface area contributed by atoms with Crippen LogP contribution in [0.3, 0.4) is 0 Å². The lowest BCUT2D eigenvalue weighted by atomic mass is 10.2. The highest BCUT2D eigenvalue weighted by Crippen LogP contribution is 2.34. The molecule has 0 unspecified atom stereocenters. The third-order valence-electron chi connectivity index (χ3n) is 4.31. The highest BCUT2D eigenvalue weighted by Gasteiger charge is 2.36. The number of aromatic hydroxyl groups is 1. The molecule has 0 aromatic heterocycles. The Morgan fingerprint density at radius 2 is 2.29 bits per heavy atom. The SMILES string of the molecule is CCOc1cc(/C=C2\SC(=O)N(CC(=O)NC[C@H]3CCCO3)C2=O)ccc1O. The van der Waals surface area contributed by atoms with E-state index >= 15 is 0 Å². The van der Waals surface area contributed by atoms with Gasteiger partial charge in [-0.05, 0) is 55.3 Å². The van der Waals surface area contributed by atoms with Crippen LogP contribution in [0.1, 0.15) is 25.3 Å². The summed E-state index contributed by atoms with van der Waals surface area (Å²) in [5.41, 5.74) is 0.606. The van der Waals surface area contributed by atoms with Crippen LogP contribution in [0.5, 0.6) is 11.5 Å². The summed E-state index contributed by atoms with van der Waals surface area (Å²) in [7, 11) is 0. The molecule has 0 aliphatic carbocycles. The van der Waals surface area contributed by atoms with Gasteiger partial charge in [0.05, 0.1) is 17.6 Å². The minimum Gasteiger partial charge on any atom is -0.504 e. The molecule has 0 spiro atoms. The van der Waals surface area contributed by atoms with E-state index in [0.717, 1.165) is 29.5 Å². The molecule has 1 atom stereocenters. The number of hydrogen-bond acceptors (Lipinski definition) is 7. The van der Waals surface area contributed by atoms with Crippen molar-refractivity contribution in [3.8, 4) is 11.5 Å². The summed E-state index contributed by atoms with van der Waals surface area (Å²) in [5.74, 6) is -0.630. The molecule has 28 heavy (non-hydrogen) atoms. The first-order valence-corrected chi connectivity index (χ1v) is 9.89. The second-order valence-electron chi connectivity index (χ2n) is 6.37. The Morgan fingerprint density at radius 1 is 1.46 bits per heavy atom. The number of amides is 3. The monoisotopic (exact) mass is 406 g/mol. The van der Waals surface area contributed by atoms with Crippen molar-refractivity contribution in [3.63, 3.8) is 0 Å². The van der Waals surface area contributed by atoms with Crippen molar-refractivity contribution in [2.45, 2.75) is 25.9 Å². The van der Waals surface area contributed by atoms with Crippen LogP contribution >= 0.6 is 11.8 Å². The molecule has 0 radical (unpaired) electrons. The quantitative estimate of drug-likeness (QED) is 0.668. The molecule has 150 valence electrons. The van der Waals surface area contributed by atoms with Crippen molar-refractivity contribution in [1.82, 2.24) is 10.2 Å². The lowest BCUT2D eigenvalue weighted by Crippen LogP contribution is -2.41. The first-order valence-electron chi connectivity index (χ1n) is 9.07. The van der Waals surface area contributed by atoms with Crippen LogP contribution in [0.15, 0.2) is 23.1 Å². The van der Waals surface area contributed by atoms with Gasteiger partial charge < -0.3 is 19.9 Å². The smallest absolute Gasteiger partial charge is 0.294 e. The number of thioether (sulfide) groups is 1. The number of ether oxygens (including phenoxy) is 2. The van der Waals surface area contributed by atoms with Gasteiger partial charge >= 0.3 is 0 Å². The molecule has 0 bridgehead atoms. The van der Waals surface area contributed by atoms with Crippen LogP contribution in [0.2, 0.25) is 0 Å². The number of nitrogens with zero attached hydrogens (tertiary/aromatic N) is 1. The molecule has 0 saturated carbocycles. The second-order valence-corrected chi connectivity index (χ2v) is 7.36. The molecule has 2 saturated heterocycles. The highest BCUT2D eigenvalue weighted by atomic mass is 32.2. The van der Waals surface area contributed by atoms with E-state index in [0.29, 0.717) is 31.1 Å². The maximum atomic E-state index is 12.5. The average Bonchev–Trinajstić information content (AvgIpc) is 3.27. The van der Waals surface area contributed by atoms with Crippen molar-refractivity contribution in [2.75, 3.05) is 26.3 Å². The van der Waals surface area contributed by atoms with Crippen LogP contribution in [0.25, 0.3) is 6.08 Å². The van der Waals surface area contributed by atoms with Gasteiger partial charge in [-0.3, -0.25) is 19.3 Å². The molecule has 1 aromatic carbocycles. The maximum absolute atomic E-state index is 12.5. The summed E-state index contributed by atoms with van der Waals surface area (Å²) in [6.07, 6.45) is 3.39. The van der Waals surface area contributed by atoms with Crippen molar-refractivity contribution in [1.29, 1.82) is 0 Å². The largest absolute Gasteiger partial charge is 0.504 e. The first kappa shape index (κ1) is 20.2. The fourth-order valence-corrected chi connectivity index (χ4v) is 3.75. The number of nitrogens with one attached hydrogen (secondary N) is 1. The van der Waals surface area contributed by atoms with Gasteiger partial charge in [0.1, 0.15) is 6.54 Å². The van der Waals surface area contributed by atoms with Crippen LogP contribution in [0.4, 0.5) is 4.79 Å². The number of benzene rings is 1. The summed E-state index contributed by atoms with van der Waals surface area (Å²) in [6, 6.07) is 4.65. The molecule has 8 nitrogen and oxygen atoms in total. The standard InChI is InChI=1S/C19H22N2O6S/c1-2-26-15-8-12(5-6-14(15)22)9-16-18(24)21(19(25)28-16)11-17(23)20-10-13-4-3-7-27-13/h5-6,8-9,13,22H,2-4,7,10-11H2,1H3,(H,20,23)/b16-9-/t13-/m1/s1. The first-order chi connectivity index (χ1) is 13.5. The van der Waals surface area contributed by atoms with Gasteiger partial charge in [0, 0.05) is 13.2 Å². The van der Waals surface area contributed by atoms with E-state index in [1.165, 1.54) is 12.1 Å². The Kier molecular flexibility index (Phi) is 6.58. The van der Waals surface area contributed by atoms with Gasteiger partial charge in [-0.15, -0.1) is 0 Å². The minimum absolute atomic E-state index is 0.00461. The number of carbonyl (C=O) groups is 3. The molecule has 2 aliphatic heterocycles. The number of imide groups is 1. The zero-order valence-electron chi connectivity index (χ0n) is 15.5. The summed E-state index contributed by atoms with van der Waals surface area (Å²) in [5, 5.41) is 12.0. The predicted octanol–water partition coefficient (Wildman–Crippen LogP) is 2.12. The summed E-state index contributed by atoms with van der Waals surface area (Å²) in [4.78, 5) is 37.9. The molecule has 2 fully saturated rings. The zero-order chi connectivity index (χ0) is 20.1. The molecule has 3 amide bonds. The number of hydrogen-bond donors (Lipinski definition) is 2. The number of phenols is 1. The van der Waals surface area contributed by atoms with Gasteiger partial charge in [0.2, 0.25) is 5.91 Å². The van der Waals surface area contributed by atoms with Crippen LogP contribution in [0, 0.1) is 0 Å². The Bertz CT molecular complexity index is 804. The third-order valence-corrected chi connectivity index (χ3v) is 5.22. The lowest BCUT2D eigenvalue weighted by molar-refractivity contribution is -0.129. The fraction of sp³-hybridized carbons (Fsp3) is 0.421. The predicted molar refractivity (Wildman–Crippen MR) is 104 cm³/mol. The number of rotatable bonds is 7. The van der Waals surface area contributed by atoms with Crippen LogP contribution in [-0.4, -0.2) is 59.5 Å². The van der Waals surface area contributed by atoms with E-state index in [4.69, 9.17) is 9.47 Å². The topological polar surface area (TPSA) is 105 Å². The number of carbonyl (C=O) groups excluding carboxylic acids is 3. The summed E-state index contributed by atoms with van der Waals surface area (Å²) in [6.45, 7) is 2.92. The van der Waals surface area contributed by atoms with Gasteiger partial charge in [0.25, 0.3) is 11.1 Å². The van der Waals surface area contributed by atoms with Gasteiger partial charge in [-0.2, -0.15) is 0 Å². The van der Waals surface area contributed by atoms with E-state index in [1.54, 1.807) is 19.1 Å². The van der Waals surface area contributed by atoms with Gasteiger partial charge in [0.15, 0.2) is 11.5 Å². The summed E-state index contributed by atoms with van der Waals surface area (Å²) < 4.78 is 10.8. The van der Waals surface area contributed by atoms with Crippen molar-refractivity contribution < 1.29 is 29.0 Å². The van der Waals surface area contributed by atoms with Crippen molar-refractivity contribution in [3.05, 3.63) is 28.7 Å². The van der Waals surface area contributed by atoms with Crippen molar-refractivity contribution >= 4 is 34.9 Å². The average molecular weight is 406 g/mol. The summed E-state index contributed by atoms with van der Waals surface area (Å²) >= 11 is 0.776. The number of phenolic OH excluding ortho intramolecular Hbond substituents is 1. The molecule has 2 aliphatic rings. The zero-order valence-corrected chi connectivity index (χ0v) is 16.3. The van der Waals surface area contributed by atoms with E-state index in [1.807, 2.05) is 0 Å². The molecule has 2 heterocycles. The van der Waals surface area contributed by atoms with Crippen LogP contribution in [-0.2, 0) is 14.3 Å². The van der Waals surface area contributed by atoms with Crippen molar-refractivity contribution in [2.24, 2.45) is 0 Å². The fourth-order valence-electron chi connectivity index (χ4n) is 2.91. The van der Waals surface area contributed by atoms with E-state index in [9.17, 15) is 19.5 Å². The molecule has 1 aromatic rings. The maximum Gasteiger partial charge on any atom is 0.294 e. The van der Waals surface area contributed by atoms with E-state index < -0.39 is 17.1 Å². The minimum atomic E-state index is -0.520. The van der Waals surface area contributed by atoms with E-state index in [2.05, 4.69) is 5.32 Å². The molecular formula is C19H22N2O6S. The van der Waals surface area contributed by atoms with Gasteiger partial charge in [-0.1, -0.05) is 6.07 Å². The lowest BCUT2D eigenvalue weighted by Gasteiger charge is -2.14. The molecule has 2 N–H and O–H groups in total. The molecular weight excluding hydrogens is 384 g/mol. The molecule has 9 heteroatoms. The normalized spacial score (nSPS) is 20.8. The Morgan fingerprint density at radius 3 is 3.00 bits per heavy atom. The Labute approximate surface area is 166 Å². The van der Waals surface area contributed by atoms with Crippen LogP contribution < -0.4 is 10.1 Å². The Balaban J connectivity index is 1.63. The molecule has 3 rings (SSSR count). The van der Waals surface area contributed by atoms with Gasteiger partial charge in [-0.25, -0.2) is 0 Å². The second kappa shape index (κ2) is 9.11. The highest BCUT2D eigenvalue weighted by molar-refractivity contribution is 8.18. The van der Waals surface area contributed by atoms with E-state index in [-0.39, 0.29) is 23.3 Å². The third kappa shape index (κ3) is 4.85. The Hall–Kier alpha value is -2.52.